The van der Waals surface area contributed by atoms with Crippen LogP contribution in [0.25, 0.3) is 0 Å². The van der Waals surface area contributed by atoms with E-state index in [0.29, 0.717) is 10.2 Å². The molecule has 0 saturated heterocycles. The minimum atomic E-state index is -0.178. The van der Waals surface area contributed by atoms with E-state index >= 15 is 0 Å². The first kappa shape index (κ1) is 13.2. The Labute approximate surface area is 114 Å². The van der Waals surface area contributed by atoms with Crippen molar-refractivity contribution >= 4 is 11.8 Å². The number of hydrogen-bond donors (Lipinski definition) is 1. The van der Waals surface area contributed by atoms with Crippen molar-refractivity contribution in [1.29, 1.82) is 5.26 Å². The molecule has 96 valence electrons. The number of nitrogens with one attached hydrogen (secondary N) is 1. The molecule has 0 bridgehead atoms. The maximum absolute atomic E-state index is 11.5. The van der Waals surface area contributed by atoms with Gasteiger partial charge in [0.1, 0.15) is 11.1 Å². The van der Waals surface area contributed by atoms with Gasteiger partial charge in [-0.2, -0.15) is 5.26 Å². The Morgan fingerprint density at radius 1 is 1.42 bits per heavy atom. The van der Waals surface area contributed by atoms with Crippen LogP contribution in [0, 0.1) is 11.3 Å². The van der Waals surface area contributed by atoms with Gasteiger partial charge in [0.2, 0.25) is 0 Å². The van der Waals surface area contributed by atoms with Crippen molar-refractivity contribution < 1.29 is 0 Å². The second kappa shape index (κ2) is 6.11. The summed E-state index contributed by atoms with van der Waals surface area (Å²) >= 11 is 1.21. The highest BCUT2D eigenvalue weighted by Gasteiger charge is 2.05. The maximum Gasteiger partial charge on any atom is 0.251 e. The van der Waals surface area contributed by atoms with Gasteiger partial charge < -0.3 is 4.98 Å². The average molecular weight is 273 g/mol. The molecule has 0 fully saturated rings. The minimum absolute atomic E-state index is 0.178. The molecule has 0 amide bonds. The molecule has 7 heteroatoms. The summed E-state index contributed by atoms with van der Waals surface area (Å²) in [6.07, 6.45) is 4.56. The van der Waals surface area contributed by atoms with Gasteiger partial charge in [0, 0.05) is 11.8 Å². The van der Waals surface area contributed by atoms with E-state index < -0.39 is 0 Å². The first-order valence-electron chi connectivity index (χ1n) is 5.71. The van der Waals surface area contributed by atoms with Gasteiger partial charge in [0.25, 0.3) is 5.56 Å². The van der Waals surface area contributed by atoms with Crippen molar-refractivity contribution in [2.45, 2.75) is 29.9 Å². The average Bonchev–Trinajstić information content (AvgIpc) is 2.39. The fraction of sp³-hybridized carbons (Fsp3) is 0.250. The van der Waals surface area contributed by atoms with Gasteiger partial charge in [0.15, 0.2) is 10.9 Å². The Balaban J connectivity index is 2.22. The van der Waals surface area contributed by atoms with Crippen LogP contribution in [0.4, 0.5) is 0 Å². The van der Waals surface area contributed by atoms with Crippen molar-refractivity contribution in [2.75, 3.05) is 0 Å². The summed E-state index contributed by atoms with van der Waals surface area (Å²) in [5, 5.41) is 9.69. The Hall–Kier alpha value is -2.20. The summed E-state index contributed by atoms with van der Waals surface area (Å²) in [6, 6.07) is 3.39. The molecule has 2 aromatic heterocycles. The lowest BCUT2D eigenvalue weighted by Gasteiger charge is -2.02. The first-order chi connectivity index (χ1) is 9.21. The molecule has 2 rings (SSSR count). The maximum atomic E-state index is 11.5. The Kier molecular flexibility index (Phi) is 4.26. The van der Waals surface area contributed by atoms with Gasteiger partial charge in [-0.1, -0.05) is 13.3 Å². The van der Waals surface area contributed by atoms with Crippen LogP contribution in [0.2, 0.25) is 0 Å². The third-order valence-corrected chi connectivity index (χ3v) is 3.03. The highest BCUT2D eigenvalue weighted by Crippen LogP contribution is 2.20. The topological polar surface area (TPSA) is 95.3 Å². The number of aromatic amines is 1. The molecular formula is C12H11N5OS. The third kappa shape index (κ3) is 3.63. The SMILES string of the molecule is CCCc1cc(=O)[nH]c(Sc2cnc(C#N)cn2)n1. The number of rotatable bonds is 4. The molecule has 0 spiro atoms. The van der Waals surface area contributed by atoms with Crippen LogP contribution in [0.1, 0.15) is 24.7 Å². The molecule has 19 heavy (non-hydrogen) atoms. The molecular weight excluding hydrogens is 262 g/mol. The molecule has 6 nitrogen and oxygen atoms in total. The standard InChI is InChI=1S/C12H11N5OS/c1-2-3-8-4-10(18)17-12(16-8)19-11-7-14-9(5-13)6-15-11/h4,6-7H,2-3H2,1H3,(H,16,17,18). The molecule has 0 radical (unpaired) electrons. The van der Waals surface area contributed by atoms with Crippen molar-refractivity contribution in [3.63, 3.8) is 0 Å². The van der Waals surface area contributed by atoms with Gasteiger partial charge in [-0.25, -0.2) is 15.0 Å². The summed E-state index contributed by atoms with van der Waals surface area (Å²) in [7, 11) is 0. The lowest BCUT2D eigenvalue weighted by molar-refractivity contribution is 0.814. The number of aryl methyl sites for hydroxylation is 1. The van der Waals surface area contributed by atoms with Crippen LogP contribution >= 0.6 is 11.8 Å². The monoisotopic (exact) mass is 273 g/mol. The molecule has 2 aromatic rings. The largest absolute Gasteiger partial charge is 0.301 e. The minimum Gasteiger partial charge on any atom is -0.301 e. The van der Waals surface area contributed by atoms with Crippen molar-refractivity contribution in [3.05, 3.63) is 40.2 Å². The normalized spacial score (nSPS) is 10.1. The highest BCUT2D eigenvalue weighted by molar-refractivity contribution is 7.99. The number of hydrogen-bond acceptors (Lipinski definition) is 6. The van der Waals surface area contributed by atoms with Crippen LogP contribution in [0.15, 0.2) is 33.4 Å². The van der Waals surface area contributed by atoms with Crippen LogP contribution in [-0.2, 0) is 6.42 Å². The van der Waals surface area contributed by atoms with Crippen molar-refractivity contribution in [2.24, 2.45) is 0 Å². The molecule has 0 aromatic carbocycles. The molecule has 1 N–H and O–H groups in total. The predicted molar refractivity (Wildman–Crippen MR) is 69.7 cm³/mol. The molecule has 2 heterocycles. The summed E-state index contributed by atoms with van der Waals surface area (Å²) < 4.78 is 0. The predicted octanol–water partition coefficient (Wildman–Crippen LogP) is 1.54. The van der Waals surface area contributed by atoms with E-state index in [9.17, 15) is 4.79 Å². The van der Waals surface area contributed by atoms with Crippen LogP contribution in [0.3, 0.4) is 0 Å². The third-order valence-electron chi connectivity index (χ3n) is 2.22. The van der Waals surface area contributed by atoms with E-state index in [1.807, 2.05) is 13.0 Å². The van der Waals surface area contributed by atoms with Crippen LogP contribution < -0.4 is 5.56 Å². The fourth-order valence-electron chi connectivity index (χ4n) is 1.44. The second-order valence-corrected chi connectivity index (χ2v) is 4.75. The van der Waals surface area contributed by atoms with E-state index in [2.05, 4.69) is 19.9 Å². The van der Waals surface area contributed by atoms with Gasteiger partial charge in [-0.3, -0.25) is 4.79 Å². The van der Waals surface area contributed by atoms with E-state index in [1.165, 1.54) is 30.2 Å². The fourth-order valence-corrected chi connectivity index (χ4v) is 2.17. The highest BCUT2D eigenvalue weighted by atomic mass is 32.2. The summed E-state index contributed by atoms with van der Waals surface area (Å²) in [5.74, 6) is 0. The van der Waals surface area contributed by atoms with E-state index in [1.54, 1.807) is 0 Å². The molecule has 0 unspecified atom stereocenters. The number of aromatic nitrogens is 4. The number of nitrogens with zero attached hydrogens (tertiary/aromatic N) is 4. The van der Waals surface area contributed by atoms with Gasteiger partial charge >= 0.3 is 0 Å². The number of H-pyrrole nitrogens is 1. The molecule has 0 atom stereocenters. The zero-order valence-electron chi connectivity index (χ0n) is 10.3. The smallest absolute Gasteiger partial charge is 0.251 e. The van der Waals surface area contributed by atoms with E-state index in [0.717, 1.165) is 18.5 Å². The lowest BCUT2D eigenvalue weighted by atomic mass is 10.2. The van der Waals surface area contributed by atoms with Crippen LogP contribution in [-0.4, -0.2) is 19.9 Å². The summed E-state index contributed by atoms with van der Waals surface area (Å²) in [4.78, 5) is 26.4. The zero-order valence-corrected chi connectivity index (χ0v) is 11.1. The lowest BCUT2D eigenvalue weighted by Crippen LogP contribution is -2.09. The molecule has 0 saturated carbocycles. The molecule has 0 aliphatic carbocycles. The summed E-state index contributed by atoms with van der Waals surface area (Å²) in [6.45, 7) is 2.03. The quantitative estimate of drug-likeness (QED) is 0.849. The summed E-state index contributed by atoms with van der Waals surface area (Å²) in [5.41, 5.74) is 0.837. The Morgan fingerprint density at radius 2 is 2.26 bits per heavy atom. The van der Waals surface area contributed by atoms with Crippen LogP contribution in [0.5, 0.6) is 0 Å². The molecule has 0 aliphatic heterocycles. The first-order valence-corrected chi connectivity index (χ1v) is 6.53. The second-order valence-electron chi connectivity index (χ2n) is 3.75. The van der Waals surface area contributed by atoms with Gasteiger partial charge in [-0.15, -0.1) is 0 Å². The number of nitriles is 1. The van der Waals surface area contributed by atoms with Crippen molar-refractivity contribution in [1.82, 2.24) is 19.9 Å². The Morgan fingerprint density at radius 3 is 2.89 bits per heavy atom. The van der Waals surface area contributed by atoms with Gasteiger partial charge in [0.05, 0.1) is 12.4 Å². The van der Waals surface area contributed by atoms with Crippen molar-refractivity contribution in [3.8, 4) is 6.07 Å². The van der Waals surface area contributed by atoms with E-state index in [4.69, 9.17) is 5.26 Å². The van der Waals surface area contributed by atoms with E-state index in [-0.39, 0.29) is 11.3 Å². The Bertz CT molecular complexity index is 659. The molecule has 0 aliphatic rings. The zero-order chi connectivity index (χ0) is 13.7. The van der Waals surface area contributed by atoms with Gasteiger partial charge in [-0.05, 0) is 18.2 Å².